The number of amides is 2. The number of nitrogens with zero attached hydrogens (tertiary/aromatic N) is 2. The second-order valence-electron chi connectivity index (χ2n) is 6.95. The fraction of sp³-hybridized carbons (Fsp3) is 0.476. The van der Waals surface area contributed by atoms with E-state index < -0.39 is 0 Å². The molecule has 1 saturated heterocycles. The number of hydrogen-bond acceptors (Lipinski definition) is 3. The van der Waals surface area contributed by atoms with Crippen LogP contribution in [0.25, 0.3) is 10.9 Å². The van der Waals surface area contributed by atoms with Crippen LogP contribution in [0.4, 0.5) is 0 Å². The van der Waals surface area contributed by atoms with Gasteiger partial charge in [0.1, 0.15) is 5.69 Å². The minimum absolute atomic E-state index is 0.0187. The minimum Gasteiger partial charge on any atom is -0.356 e. The number of aromatic nitrogens is 1. The number of pyridine rings is 1. The molecule has 2 amide bonds. The number of benzene rings is 1. The van der Waals surface area contributed by atoms with Crippen molar-refractivity contribution in [2.45, 2.75) is 39.0 Å². The molecule has 1 aromatic carbocycles. The average molecular weight is 353 g/mol. The van der Waals surface area contributed by atoms with Crippen molar-refractivity contribution < 1.29 is 9.59 Å². The first-order chi connectivity index (χ1) is 12.7. The van der Waals surface area contributed by atoms with Gasteiger partial charge < -0.3 is 10.2 Å². The lowest BCUT2D eigenvalue weighted by Crippen LogP contribution is -2.43. The van der Waals surface area contributed by atoms with E-state index in [0.717, 1.165) is 49.6 Å². The monoisotopic (exact) mass is 353 g/mol. The highest BCUT2D eigenvalue weighted by atomic mass is 16.2. The first kappa shape index (κ1) is 18.4. The van der Waals surface area contributed by atoms with Crippen LogP contribution in [0, 0.1) is 5.92 Å². The summed E-state index contributed by atoms with van der Waals surface area (Å²) in [5.41, 5.74) is 1.31. The van der Waals surface area contributed by atoms with E-state index in [1.807, 2.05) is 35.2 Å². The fourth-order valence-corrected chi connectivity index (χ4v) is 3.42. The second kappa shape index (κ2) is 8.79. The van der Waals surface area contributed by atoms with Gasteiger partial charge >= 0.3 is 0 Å². The number of carbonyl (C=O) groups is 2. The lowest BCUT2D eigenvalue weighted by molar-refractivity contribution is -0.126. The lowest BCUT2D eigenvalue weighted by atomic mass is 9.95. The molecule has 5 heteroatoms. The molecule has 2 aromatic rings. The molecule has 26 heavy (non-hydrogen) atoms. The highest BCUT2D eigenvalue weighted by molar-refractivity contribution is 5.95. The zero-order valence-electron chi connectivity index (χ0n) is 15.4. The molecule has 5 nitrogen and oxygen atoms in total. The van der Waals surface area contributed by atoms with E-state index in [-0.39, 0.29) is 17.7 Å². The number of para-hydroxylation sites is 1. The zero-order chi connectivity index (χ0) is 18.4. The van der Waals surface area contributed by atoms with Gasteiger partial charge in [-0.15, -0.1) is 0 Å². The third-order valence-electron chi connectivity index (χ3n) is 5.05. The van der Waals surface area contributed by atoms with Gasteiger partial charge in [-0.3, -0.25) is 9.59 Å². The van der Waals surface area contributed by atoms with Gasteiger partial charge in [0.05, 0.1) is 5.52 Å². The number of likely N-dealkylation sites (tertiary alicyclic amines) is 1. The standard InChI is InChI=1S/C21H27N3O2/c1-2-3-6-13-22-20(25)17-11-14-24(15-12-17)21(26)19-10-9-16-7-4-5-8-18(16)23-19/h4-5,7-10,17H,2-3,6,11-15H2,1H3,(H,22,25). The molecule has 0 unspecified atom stereocenters. The smallest absolute Gasteiger partial charge is 0.272 e. The maximum Gasteiger partial charge on any atom is 0.272 e. The average Bonchev–Trinajstić information content (AvgIpc) is 2.70. The number of nitrogens with one attached hydrogen (secondary N) is 1. The van der Waals surface area contributed by atoms with Crippen LogP contribution >= 0.6 is 0 Å². The molecule has 0 radical (unpaired) electrons. The topological polar surface area (TPSA) is 62.3 Å². The summed E-state index contributed by atoms with van der Waals surface area (Å²) >= 11 is 0. The Morgan fingerprint density at radius 3 is 2.65 bits per heavy atom. The molecule has 1 aliphatic rings. The summed E-state index contributed by atoms with van der Waals surface area (Å²) in [5.74, 6) is 0.111. The van der Waals surface area contributed by atoms with Gasteiger partial charge in [-0.05, 0) is 31.4 Å². The molecule has 0 spiro atoms. The van der Waals surface area contributed by atoms with Crippen molar-refractivity contribution in [2.75, 3.05) is 19.6 Å². The van der Waals surface area contributed by atoms with Crippen LogP contribution in [-0.4, -0.2) is 41.3 Å². The van der Waals surface area contributed by atoms with E-state index in [9.17, 15) is 9.59 Å². The number of carbonyl (C=O) groups excluding carboxylic acids is 2. The van der Waals surface area contributed by atoms with Gasteiger partial charge in [0.2, 0.25) is 5.91 Å². The molecule has 1 aromatic heterocycles. The normalized spacial score (nSPS) is 15.2. The molecule has 0 aliphatic carbocycles. The van der Waals surface area contributed by atoms with Crippen molar-refractivity contribution in [3.63, 3.8) is 0 Å². The van der Waals surface area contributed by atoms with Crippen LogP contribution in [0.1, 0.15) is 49.5 Å². The molecular weight excluding hydrogens is 326 g/mol. The number of rotatable bonds is 6. The van der Waals surface area contributed by atoms with E-state index >= 15 is 0 Å². The summed E-state index contributed by atoms with van der Waals surface area (Å²) in [4.78, 5) is 31.3. The first-order valence-electron chi connectivity index (χ1n) is 9.62. The Hall–Kier alpha value is -2.43. The van der Waals surface area contributed by atoms with Crippen molar-refractivity contribution in [1.82, 2.24) is 15.2 Å². The molecular formula is C21H27N3O2. The van der Waals surface area contributed by atoms with Crippen molar-refractivity contribution >= 4 is 22.7 Å². The van der Waals surface area contributed by atoms with Crippen LogP contribution in [0.3, 0.4) is 0 Å². The van der Waals surface area contributed by atoms with E-state index in [1.54, 1.807) is 6.07 Å². The highest BCUT2D eigenvalue weighted by Crippen LogP contribution is 2.20. The second-order valence-corrected chi connectivity index (χ2v) is 6.95. The lowest BCUT2D eigenvalue weighted by Gasteiger charge is -2.31. The van der Waals surface area contributed by atoms with Crippen molar-refractivity contribution in [1.29, 1.82) is 0 Å². The Morgan fingerprint density at radius 1 is 1.12 bits per heavy atom. The van der Waals surface area contributed by atoms with Crippen molar-refractivity contribution in [3.8, 4) is 0 Å². The Balaban J connectivity index is 1.53. The van der Waals surface area contributed by atoms with Crippen LogP contribution in [0.2, 0.25) is 0 Å². The quantitative estimate of drug-likeness (QED) is 0.810. The number of unbranched alkanes of at least 4 members (excludes halogenated alkanes) is 2. The van der Waals surface area contributed by atoms with Crippen molar-refractivity contribution in [2.24, 2.45) is 5.92 Å². The molecule has 1 aliphatic heterocycles. The van der Waals surface area contributed by atoms with Gasteiger partial charge in [-0.25, -0.2) is 4.98 Å². The van der Waals surface area contributed by atoms with Crippen LogP contribution < -0.4 is 5.32 Å². The summed E-state index contributed by atoms with van der Waals surface area (Å²) in [6.45, 7) is 4.13. The maximum absolute atomic E-state index is 12.7. The third-order valence-corrected chi connectivity index (χ3v) is 5.05. The summed E-state index contributed by atoms with van der Waals surface area (Å²) in [7, 11) is 0. The molecule has 138 valence electrons. The van der Waals surface area contributed by atoms with Crippen molar-refractivity contribution in [3.05, 3.63) is 42.1 Å². The molecule has 0 bridgehead atoms. The van der Waals surface area contributed by atoms with Gasteiger partial charge in [0, 0.05) is 30.9 Å². The van der Waals surface area contributed by atoms with Crippen LogP contribution in [-0.2, 0) is 4.79 Å². The number of piperidine rings is 1. The summed E-state index contributed by atoms with van der Waals surface area (Å²) in [6, 6.07) is 11.5. The Labute approximate surface area is 154 Å². The minimum atomic E-state index is -0.0439. The third kappa shape index (κ3) is 4.40. The summed E-state index contributed by atoms with van der Waals surface area (Å²) in [6.07, 6.45) is 4.77. The number of fused-ring (bicyclic) bond motifs is 1. The van der Waals surface area contributed by atoms with Gasteiger partial charge in [0.25, 0.3) is 5.91 Å². The fourth-order valence-electron chi connectivity index (χ4n) is 3.42. The highest BCUT2D eigenvalue weighted by Gasteiger charge is 2.28. The Morgan fingerprint density at radius 2 is 1.88 bits per heavy atom. The van der Waals surface area contributed by atoms with E-state index in [2.05, 4.69) is 17.2 Å². The SMILES string of the molecule is CCCCCNC(=O)C1CCN(C(=O)c2ccc3ccccc3n2)CC1. The van der Waals surface area contributed by atoms with E-state index in [0.29, 0.717) is 18.8 Å². The van der Waals surface area contributed by atoms with Gasteiger partial charge in [-0.2, -0.15) is 0 Å². The van der Waals surface area contributed by atoms with E-state index in [4.69, 9.17) is 0 Å². The molecule has 0 saturated carbocycles. The molecule has 1 N–H and O–H groups in total. The Bertz CT molecular complexity index is 767. The molecule has 1 fully saturated rings. The predicted octanol–water partition coefficient (Wildman–Crippen LogP) is 3.39. The predicted molar refractivity (Wildman–Crippen MR) is 103 cm³/mol. The van der Waals surface area contributed by atoms with E-state index in [1.165, 1.54) is 0 Å². The van der Waals surface area contributed by atoms with Gasteiger partial charge in [0.15, 0.2) is 0 Å². The maximum atomic E-state index is 12.7. The van der Waals surface area contributed by atoms with Crippen LogP contribution in [0.5, 0.6) is 0 Å². The van der Waals surface area contributed by atoms with Gasteiger partial charge in [-0.1, -0.05) is 44.0 Å². The summed E-state index contributed by atoms with van der Waals surface area (Å²) in [5, 5.41) is 4.06. The molecule has 3 rings (SSSR count). The molecule has 0 atom stereocenters. The first-order valence-corrected chi connectivity index (χ1v) is 9.62. The zero-order valence-corrected chi connectivity index (χ0v) is 15.4. The van der Waals surface area contributed by atoms with Crippen LogP contribution in [0.15, 0.2) is 36.4 Å². The largest absolute Gasteiger partial charge is 0.356 e. The molecule has 2 heterocycles. The summed E-state index contributed by atoms with van der Waals surface area (Å²) < 4.78 is 0. The number of hydrogen-bond donors (Lipinski definition) is 1. The Kier molecular flexibility index (Phi) is 6.21.